The molecule has 0 spiro atoms. The van der Waals surface area contributed by atoms with Gasteiger partial charge in [-0.3, -0.25) is 14.5 Å². The largest absolute Gasteiger partial charge is 0.339 e. The van der Waals surface area contributed by atoms with Gasteiger partial charge in [0.15, 0.2) is 0 Å². The van der Waals surface area contributed by atoms with E-state index in [1.54, 1.807) is 11.8 Å². The lowest BCUT2D eigenvalue weighted by molar-refractivity contribution is -0.141. The molecule has 0 aliphatic carbocycles. The number of halogens is 1. The van der Waals surface area contributed by atoms with Gasteiger partial charge in [0.2, 0.25) is 11.8 Å². The van der Waals surface area contributed by atoms with Crippen molar-refractivity contribution in [3.05, 3.63) is 34.3 Å². The molecule has 6 heteroatoms. The number of amides is 2. The first-order valence-corrected chi connectivity index (χ1v) is 8.66. The Kier molecular flexibility index (Phi) is 6.18. The average molecular weight is 382 g/mol. The van der Waals surface area contributed by atoms with Crippen molar-refractivity contribution in [1.82, 2.24) is 14.7 Å². The minimum absolute atomic E-state index is 0.0810. The Morgan fingerprint density at radius 2 is 1.65 bits per heavy atom. The van der Waals surface area contributed by atoms with Crippen molar-refractivity contribution in [3.8, 4) is 0 Å². The number of carbonyl (C=O) groups is 2. The molecule has 1 unspecified atom stereocenters. The van der Waals surface area contributed by atoms with Gasteiger partial charge in [-0.05, 0) is 31.7 Å². The van der Waals surface area contributed by atoms with Crippen molar-refractivity contribution in [3.63, 3.8) is 0 Å². The van der Waals surface area contributed by atoms with Gasteiger partial charge in [-0.15, -0.1) is 0 Å². The highest BCUT2D eigenvalue weighted by atomic mass is 79.9. The van der Waals surface area contributed by atoms with Crippen LogP contribution in [0.3, 0.4) is 0 Å². The highest BCUT2D eigenvalue weighted by Crippen LogP contribution is 2.14. The molecule has 1 heterocycles. The molecule has 23 heavy (non-hydrogen) atoms. The molecular weight excluding hydrogens is 358 g/mol. The molecule has 0 saturated carbocycles. The Morgan fingerprint density at radius 3 is 2.17 bits per heavy atom. The van der Waals surface area contributed by atoms with E-state index in [0.717, 1.165) is 11.0 Å². The first-order valence-electron chi connectivity index (χ1n) is 7.87. The van der Waals surface area contributed by atoms with Gasteiger partial charge in [0.05, 0.1) is 6.04 Å². The zero-order valence-electron chi connectivity index (χ0n) is 14.0. The predicted octanol–water partition coefficient (Wildman–Crippen LogP) is 1.96. The van der Waals surface area contributed by atoms with Crippen LogP contribution in [0.15, 0.2) is 28.7 Å². The summed E-state index contributed by atoms with van der Waals surface area (Å²) in [6.07, 6.45) is 0. The number of hydrogen-bond acceptors (Lipinski definition) is 3. The van der Waals surface area contributed by atoms with Crippen molar-refractivity contribution < 1.29 is 9.59 Å². The summed E-state index contributed by atoms with van der Waals surface area (Å²) < 4.78 is 1.05. The topological polar surface area (TPSA) is 43.9 Å². The third kappa shape index (κ3) is 4.78. The van der Waals surface area contributed by atoms with Gasteiger partial charge in [0, 0.05) is 44.1 Å². The maximum atomic E-state index is 12.6. The maximum absolute atomic E-state index is 12.6. The lowest BCUT2D eigenvalue weighted by Crippen LogP contribution is -2.54. The van der Waals surface area contributed by atoms with Crippen LogP contribution < -0.4 is 0 Å². The molecular formula is C17H24BrN3O2. The van der Waals surface area contributed by atoms with Crippen LogP contribution in [0, 0.1) is 0 Å². The number of rotatable bonds is 4. The molecule has 0 N–H and O–H groups in total. The standard InChI is InChI=1S/C17H24BrN3O2/c1-13(19(3)12-15-4-6-16(18)7-5-15)17(23)21-10-8-20(9-11-21)14(2)22/h4-7,13H,8-12H2,1-3H3. The van der Waals surface area contributed by atoms with E-state index >= 15 is 0 Å². The van der Waals surface area contributed by atoms with E-state index in [2.05, 4.69) is 33.0 Å². The lowest BCUT2D eigenvalue weighted by atomic mass is 10.1. The number of hydrogen-bond donors (Lipinski definition) is 0. The number of nitrogens with zero attached hydrogens (tertiary/aromatic N) is 3. The quantitative estimate of drug-likeness (QED) is 0.800. The summed E-state index contributed by atoms with van der Waals surface area (Å²) in [5.41, 5.74) is 1.18. The van der Waals surface area contributed by atoms with Crippen molar-refractivity contribution in [2.24, 2.45) is 0 Å². The van der Waals surface area contributed by atoms with Gasteiger partial charge < -0.3 is 9.80 Å². The van der Waals surface area contributed by atoms with Crippen LogP contribution in [0.2, 0.25) is 0 Å². The molecule has 0 radical (unpaired) electrons. The Labute approximate surface area is 146 Å². The van der Waals surface area contributed by atoms with Crippen molar-refractivity contribution >= 4 is 27.7 Å². The fraction of sp³-hybridized carbons (Fsp3) is 0.529. The average Bonchev–Trinajstić information content (AvgIpc) is 2.55. The minimum atomic E-state index is -0.178. The normalized spacial score (nSPS) is 16.6. The van der Waals surface area contributed by atoms with Crippen LogP contribution in [0.5, 0.6) is 0 Å². The summed E-state index contributed by atoms with van der Waals surface area (Å²) in [6.45, 7) is 6.75. The van der Waals surface area contributed by atoms with Crippen LogP contribution in [0.1, 0.15) is 19.4 Å². The molecule has 1 aliphatic heterocycles. The molecule has 2 rings (SSSR count). The molecule has 1 saturated heterocycles. The summed E-state index contributed by atoms with van der Waals surface area (Å²) in [4.78, 5) is 29.7. The van der Waals surface area contributed by atoms with Crippen molar-refractivity contribution in [1.29, 1.82) is 0 Å². The molecule has 1 aromatic rings. The Balaban J connectivity index is 1.89. The van der Waals surface area contributed by atoms with Crippen LogP contribution in [0.25, 0.3) is 0 Å². The third-order valence-corrected chi connectivity index (χ3v) is 4.93. The second-order valence-corrected chi connectivity index (χ2v) is 6.96. The fourth-order valence-electron chi connectivity index (χ4n) is 2.71. The summed E-state index contributed by atoms with van der Waals surface area (Å²) in [6, 6.07) is 7.96. The third-order valence-electron chi connectivity index (χ3n) is 4.40. The van der Waals surface area contributed by atoms with Gasteiger partial charge in [0.1, 0.15) is 0 Å². The second kappa shape index (κ2) is 7.93. The number of likely N-dealkylation sites (N-methyl/N-ethyl adjacent to an activating group) is 1. The van der Waals surface area contributed by atoms with Gasteiger partial charge in [-0.25, -0.2) is 0 Å². The van der Waals surface area contributed by atoms with Gasteiger partial charge in [-0.2, -0.15) is 0 Å². The van der Waals surface area contributed by atoms with Gasteiger partial charge in [0.25, 0.3) is 0 Å². The highest BCUT2D eigenvalue weighted by Gasteiger charge is 2.27. The molecule has 0 aromatic heterocycles. The molecule has 1 atom stereocenters. The fourth-order valence-corrected chi connectivity index (χ4v) is 2.97. The van der Waals surface area contributed by atoms with E-state index in [4.69, 9.17) is 0 Å². The summed E-state index contributed by atoms with van der Waals surface area (Å²) >= 11 is 3.43. The second-order valence-electron chi connectivity index (χ2n) is 6.05. The summed E-state index contributed by atoms with van der Waals surface area (Å²) in [5.74, 6) is 0.213. The zero-order valence-corrected chi connectivity index (χ0v) is 15.5. The molecule has 1 fully saturated rings. The number of carbonyl (C=O) groups excluding carboxylic acids is 2. The first-order chi connectivity index (χ1) is 10.9. The Morgan fingerprint density at radius 1 is 1.13 bits per heavy atom. The maximum Gasteiger partial charge on any atom is 0.239 e. The van der Waals surface area contributed by atoms with E-state index in [1.165, 1.54) is 5.56 Å². The zero-order chi connectivity index (χ0) is 17.0. The SMILES string of the molecule is CC(=O)N1CCN(C(=O)C(C)N(C)Cc2ccc(Br)cc2)CC1. The van der Waals surface area contributed by atoms with E-state index < -0.39 is 0 Å². The molecule has 126 valence electrons. The van der Waals surface area contributed by atoms with E-state index in [1.807, 2.05) is 31.0 Å². The molecule has 1 aromatic carbocycles. The van der Waals surface area contributed by atoms with Gasteiger partial charge in [-0.1, -0.05) is 28.1 Å². The summed E-state index contributed by atoms with van der Waals surface area (Å²) in [7, 11) is 1.97. The Bertz CT molecular complexity index is 553. The van der Waals surface area contributed by atoms with Gasteiger partial charge >= 0.3 is 0 Å². The lowest BCUT2D eigenvalue weighted by Gasteiger charge is -2.37. The number of piperazine rings is 1. The Hall–Kier alpha value is -1.40. The molecule has 0 bridgehead atoms. The smallest absolute Gasteiger partial charge is 0.239 e. The van der Waals surface area contributed by atoms with Crippen LogP contribution >= 0.6 is 15.9 Å². The van der Waals surface area contributed by atoms with E-state index in [9.17, 15) is 9.59 Å². The highest BCUT2D eigenvalue weighted by molar-refractivity contribution is 9.10. The van der Waals surface area contributed by atoms with Crippen LogP contribution in [-0.4, -0.2) is 65.8 Å². The van der Waals surface area contributed by atoms with Crippen LogP contribution in [-0.2, 0) is 16.1 Å². The summed E-state index contributed by atoms with van der Waals surface area (Å²) in [5, 5.41) is 0. The molecule has 1 aliphatic rings. The van der Waals surface area contributed by atoms with Crippen molar-refractivity contribution in [2.75, 3.05) is 33.2 Å². The van der Waals surface area contributed by atoms with E-state index in [0.29, 0.717) is 26.2 Å². The number of benzene rings is 1. The molecule has 5 nitrogen and oxygen atoms in total. The van der Waals surface area contributed by atoms with Crippen molar-refractivity contribution in [2.45, 2.75) is 26.4 Å². The first kappa shape index (κ1) is 17.9. The molecule has 2 amide bonds. The minimum Gasteiger partial charge on any atom is -0.339 e. The van der Waals surface area contributed by atoms with E-state index in [-0.39, 0.29) is 17.9 Å². The monoisotopic (exact) mass is 381 g/mol. The van der Waals surface area contributed by atoms with Crippen LogP contribution in [0.4, 0.5) is 0 Å². The predicted molar refractivity (Wildman–Crippen MR) is 93.9 cm³/mol.